The summed E-state index contributed by atoms with van der Waals surface area (Å²) < 4.78 is 12.0. The molecule has 3 aliphatic rings. The number of benzene rings is 3. The van der Waals surface area contributed by atoms with E-state index in [0.29, 0.717) is 29.8 Å². The summed E-state index contributed by atoms with van der Waals surface area (Å²) in [6.07, 6.45) is 0.442. The zero-order valence-corrected chi connectivity index (χ0v) is 18.8. The van der Waals surface area contributed by atoms with E-state index in [0.717, 1.165) is 12.0 Å². The summed E-state index contributed by atoms with van der Waals surface area (Å²) in [6.45, 7) is 1.26. The minimum absolute atomic E-state index is 0.0000964. The molecule has 1 amide bonds. The number of nitrogens with zero attached hydrogens (tertiary/aromatic N) is 1. The van der Waals surface area contributed by atoms with Crippen molar-refractivity contribution in [1.29, 1.82) is 0 Å². The van der Waals surface area contributed by atoms with Crippen LogP contribution in [0.15, 0.2) is 66.7 Å². The van der Waals surface area contributed by atoms with E-state index in [1.165, 1.54) is 22.3 Å². The van der Waals surface area contributed by atoms with Gasteiger partial charge in [0.1, 0.15) is 12.2 Å². The van der Waals surface area contributed by atoms with E-state index in [2.05, 4.69) is 24.3 Å². The maximum Gasteiger partial charge on any atom is 0.410 e. The number of hydrogen-bond acceptors (Lipinski definition) is 3. The normalized spacial score (nSPS) is 23.3. The van der Waals surface area contributed by atoms with Gasteiger partial charge in [-0.15, -0.1) is 0 Å². The number of ether oxygens (including phenoxy) is 2. The Morgan fingerprint density at radius 1 is 1.00 bits per heavy atom. The molecule has 2 fully saturated rings. The predicted octanol–water partition coefficient (Wildman–Crippen LogP) is 6.24. The van der Waals surface area contributed by atoms with Crippen molar-refractivity contribution in [2.45, 2.75) is 24.0 Å². The number of morpholine rings is 1. The Morgan fingerprint density at radius 2 is 1.69 bits per heavy atom. The smallest absolute Gasteiger partial charge is 0.410 e. The van der Waals surface area contributed by atoms with Gasteiger partial charge in [0.15, 0.2) is 0 Å². The molecule has 6 heteroatoms. The highest BCUT2D eigenvalue weighted by atomic mass is 35.5. The van der Waals surface area contributed by atoms with Gasteiger partial charge >= 0.3 is 6.09 Å². The summed E-state index contributed by atoms with van der Waals surface area (Å²) in [7, 11) is 0. The zero-order chi connectivity index (χ0) is 21.9. The first-order valence-corrected chi connectivity index (χ1v) is 11.5. The monoisotopic (exact) mass is 465 g/mol. The summed E-state index contributed by atoms with van der Waals surface area (Å²) >= 11 is 12.3. The summed E-state index contributed by atoms with van der Waals surface area (Å²) in [5.74, 6) is 0.0476. The molecule has 3 aromatic carbocycles. The predicted molar refractivity (Wildman–Crippen MR) is 124 cm³/mol. The molecule has 162 valence electrons. The molecule has 4 nitrogen and oxygen atoms in total. The highest BCUT2D eigenvalue weighted by Crippen LogP contribution is 2.47. The molecule has 0 radical (unpaired) electrons. The van der Waals surface area contributed by atoms with Gasteiger partial charge in [0.25, 0.3) is 0 Å². The quantitative estimate of drug-likeness (QED) is 0.459. The highest BCUT2D eigenvalue weighted by Gasteiger charge is 2.54. The topological polar surface area (TPSA) is 38.8 Å². The van der Waals surface area contributed by atoms with Crippen LogP contribution in [-0.4, -0.2) is 36.8 Å². The van der Waals surface area contributed by atoms with Gasteiger partial charge < -0.3 is 9.47 Å². The van der Waals surface area contributed by atoms with Crippen LogP contribution in [0.5, 0.6) is 0 Å². The van der Waals surface area contributed by atoms with Crippen molar-refractivity contribution >= 4 is 29.3 Å². The lowest BCUT2D eigenvalue weighted by atomic mass is 9.93. The van der Waals surface area contributed by atoms with E-state index in [1.54, 1.807) is 11.0 Å². The van der Waals surface area contributed by atoms with E-state index in [4.69, 9.17) is 32.7 Å². The van der Waals surface area contributed by atoms with Crippen LogP contribution in [0.1, 0.15) is 29.0 Å². The van der Waals surface area contributed by atoms with Gasteiger partial charge in [-0.2, -0.15) is 0 Å². The molecule has 2 heterocycles. The third-order valence-corrected chi connectivity index (χ3v) is 7.74. The van der Waals surface area contributed by atoms with E-state index >= 15 is 0 Å². The lowest BCUT2D eigenvalue weighted by Crippen LogP contribution is -2.45. The van der Waals surface area contributed by atoms with Crippen molar-refractivity contribution in [1.82, 2.24) is 4.90 Å². The van der Waals surface area contributed by atoms with Crippen LogP contribution in [0.3, 0.4) is 0 Å². The van der Waals surface area contributed by atoms with Crippen LogP contribution >= 0.6 is 23.2 Å². The fraction of sp³-hybridized carbons (Fsp3) is 0.269. The van der Waals surface area contributed by atoms with Gasteiger partial charge in [-0.3, -0.25) is 4.90 Å². The Balaban J connectivity index is 1.20. The number of rotatable bonds is 3. The average Bonchev–Trinajstić information content (AvgIpc) is 3.50. The van der Waals surface area contributed by atoms with Crippen molar-refractivity contribution in [3.8, 4) is 11.1 Å². The molecule has 3 aromatic rings. The number of carbonyl (C=O) groups excluding carboxylic acids is 1. The molecule has 6 rings (SSSR count). The minimum Gasteiger partial charge on any atom is -0.448 e. The van der Waals surface area contributed by atoms with Crippen LogP contribution in [0.2, 0.25) is 10.0 Å². The Bertz CT molecular complexity index is 1180. The molecule has 2 atom stereocenters. The summed E-state index contributed by atoms with van der Waals surface area (Å²) in [5, 5.41) is 0.998. The number of amides is 1. The lowest BCUT2D eigenvalue weighted by molar-refractivity contribution is -0.0465. The Kier molecular flexibility index (Phi) is 4.72. The molecule has 1 aliphatic carbocycles. The van der Waals surface area contributed by atoms with Crippen molar-refractivity contribution in [2.24, 2.45) is 0 Å². The summed E-state index contributed by atoms with van der Waals surface area (Å²) in [4.78, 5) is 14.9. The van der Waals surface area contributed by atoms with Gasteiger partial charge in [-0.05, 0) is 39.9 Å². The molecule has 2 aliphatic heterocycles. The number of fused-ring (bicyclic) bond motifs is 5. The first kappa shape index (κ1) is 20.1. The van der Waals surface area contributed by atoms with Crippen LogP contribution in [-0.2, 0) is 15.1 Å². The Morgan fingerprint density at radius 3 is 2.38 bits per heavy atom. The van der Waals surface area contributed by atoms with Gasteiger partial charge in [0.05, 0.1) is 29.2 Å². The Labute approximate surface area is 196 Å². The maximum atomic E-state index is 13.1. The Hall–Kier alpha value is -2.53. The number of likely N-dealkylation sites (tertiary alicyclic amines) is 1. The van der Waals surface area contributed by atoms with Gasteiger partial charge in [-0.1, -0.05) is 77.8 Å². The van der Waals surface area contributed by atoms with E-state index in [-0.39, 0.29) is 18.1 Å². The van der Waals surface area contributed by atoms with Gasteiger partial charge in [-0.25, -0.2) is 4.79 Å². The summed E-state index contributed by atoms with van der Waals surface area (Å²) in [5.41, 5.74) is 5.25. The largest absolute Gasteiger partial charge is 0.448 e. The summed E-state index contributed by atoms with van der Waals surface area (Å²) in [6, 6.07) is 22.2. The minimum atomic E-state index is -0.551. The van der Waals surface area contributed by atoms with E-state index in [9.17, 15) is 4.79 Å². The fourth-order valence-corrected chi connectivity index (χ4v) is 5.73. The van der Waals surface area contributed by atoms with Crippen LogP contribution < -0.4 is 0 Å². The van der Waals surface area contributed by atoms with Crippen molar-refractivity contribution in [2.75, 3.05) is 19.8 Å². The molecule has 2 unspecified atom stereocenters. The standard InChI is InChI=1S/C26H21Cl2NO3/c27-23-10-9-16(11-24(23)28)26-12-17(13-32-26)29(15-26)25(30)31-14-22-20-7-3-1-5-18(20)19-6-2-4-8-21(19)22/h1-11,17,22H,12-15H2. The molecule has 0 saturated carbocycles. The van der Waals surface area contributed by atoms with Crippen LogP contribution in [0, 0.1) is 0 Å². The average molecular weight is 466 g/mol. The van der Waals surface area contributed by atoms with Crippen LogP contribution in [0.25, 0.3) is 11.1 Å². The van der Waals surface area contributed by atoms with Crippen molar-refractivity contribution in [3.63, 3.8) is 0 Å². The molecular weight excluding hydrogens is 445 g/mol. The second-order valence-electron chi connectivity index (χ2n) is 8.72. The lowest BCUT2D eigenvalue weighted by Gasteiger charge is -2.33. The molecular formula is C26H21Cl2NO3. The van der Waals surface area contributed by atoms with Crippen LogP contribution in [0.4, 0.5) is 4.79 Å². The second-order valence-corrected chi connectivity index (χ2v) is 9.54. The van der Waals surface area contributed by atoms with E-state index in [1.807, 2.05) is 36.4 Å². The molecule has 2 saturated heterocycles. The van der Waals surface area contributed by atoms with Crippen molar-refractivity contribution in [3.05, 3.63) is 93.5 Å². The second kappa shape index (κ2) is 7.51. The fourth-order valence-electron chi connectivity index (χ4n) is 5.43. The molecule has 0 N–H and O–H groups in total. The third-order valence-electron chi connectivity index (χ3n) is 7.00. The SMILES string of the molecule is O=C(OCC1c2ccccc2-c2ccccc21)N1CC2(c3ccc(Cl)c(Cl)c3)CC1CO2. The van der Waals surface area contributed by atoms with Gasteiger partial charge in [0, 0.05) is 12.3 Å². The van der Waals surface area contributed by atoms with Gasteiger partial charge in [0.2, 0.25) is 0 Å². The highest BCUT2D eigenvalue weighted by molar-refractivity contribution is 6.42. The molecule has 2 bridgehead atoms. The van der Waals surface area contributed by atoms with E-state index < -0.39 is 5.60 Å². The molecule has 32 heavy (non-hydrogen) atoms. The third kappa shape index (κ3) is 3.05. The molecule has 0 spiro atoms. The number of hydrogen-bond donors (Lipinski definition) is 0. The first-order chi connectivity index (χ1) is 15.6. The molecule has 0 aromatic heterocycles. The zero-order valence-electron chi connectivity index (χ0n) is 17.3. The van der Waals surface area contributed by atoms with Crippen molar-refractivity contribution < 1.29 is 14.3 Å². The number of carbonyl (C=O) groups is 1. The maximum absolute atomic E-state index is 13.1. The number of halogens is 2. The first-order valence-electron chi connectivity index (χ1n) is 10.8.